The fourth-order valence-electron chi connectivity index (χ4n) is 3.77. The molecule has 2 atom stereocenters. The van der Waals surface area contributed by atoms with Gasteiger partial charge in [-0.2, -0.15) is 0 Å². The highest BCUT2D eigenvalue weighted by Gasteiger charge is 2.23. The van der Waals surface area contributed by atoms with Crippen LogP contribution in [0.4, 0.5) is 4.39 Å². The fraction of sp³-hybridized carbons (Fsp3) is 0.381. The Morgan fingerprint density at radius 2 is 2.11 bits per heavy atom. The van der Waals surface area contributed by atoms with E-state index < -0.39 is 5.97 Å². The minimum absolute atomic E-state index is 0.0698. The van der Waals surface area contributed by atoms with Gasteiger partial charge in [-0.25, -0.2) is 9.37 Å². The van der Waals surface area contributed by atoms with Crippen LogP contribution in [0.25, 0.3) is 21.3 Å². The molecule has 0 radical (unpaired) electrons. The number of ether oxygens (including phenoxy) is 1. The van der Waals surface area contributed by atoms with E-state index in [0.29, 0.717) is 21.7 Å². The Morgan fingerprint density at radius 1 is 1.32 bits per heavy atom. The van der Waals surface area contributed by atoms with Crippen LogP contribution < -0.4 is 5.56 Å². The lowest BCUT2D eigenvalue weighted by molar-refractivity contribution is -0.152. The van der Waals surface area contributed by atoms with Crippen molar-refractivity contribution in [1.29, 1.82) is 0 Å². The highest BCUT2D eigenvalue weighted by molar-refractivity contribution is 7.17. The molecular weight excluding hydrogens is 379 g/mol. The van der Waals surface area contributed by atoms with Crippen LogP contribution in [0.3, 0.4) is 0 Å². The van der Waals surface area contributed by atoms with Crippen molar-refractivity contribution in [3.63, 3.8) is 0 Å². The molecule has 28 heavy (non-hydrogen) atoms. The zero-order chi connectivity index (χ0) is 19.7. The molecule has 0 saturated heterocycles. The van der Waals surface area contributed by atoms with Gasteiger partial charge in [0.1, 0.15) is 23.3 Å². The van der Waals surface area contributed by atoms with Crippen LogP contribution in [-0.4, -0.2) is 21.6 Å². The molecule has 146 valence electrons. The maximum Gasteiger partial charge on any atom is 0.326 e. The van der Waals surface area contributed by atoms with Crippen molar-refractivity contribution in [2.45, 2.75) is 45.3 Å². The Hall–Kier alpha value is -2.54. The normalized spacial score (nSPS) is 19.6. The molecule has 0 spiro atoms. The summed E-state index contributed by atoms with van der Waals surface area (Å²) in [6.07, 6.45) is 5.29. The SMILES string of the molecule is C[C@@H]1CCC[C@H](OC(=O)Cn2cnc3scc(-c4ccc(F)cc4)c3c2=O)C1. The first kappa shape index (κ1) is 18.8. The molecule has 1 saturated carbocycles. The predicted octanol–water partition coefficient (Wildman–Crippen LogP) is 4.39. The predicted molar refractivity (Wildman–Crippen MR) is 107 cm³/mol. The number of aromatic nitrogens is 2. The van der Waals surface area contributed by atoms with Crippen LogP contribution >= 0.6 is 11.3 Å². The van der Waals surface area contributed by atoms with E-state index in [2.05, 4.69) is 11.9 Å². The molecule has 0 amide bonds. The van der Waals surface area contributed by atoms with Gasteiger partial charge in [0.05, 0.1) is 11.7 Å². The van der Waals surface area contributed by atoms with Gasteiger partial charge in [-0.1, -0.05) is 25.5 Å². The smallest absolute Gasteiger partial charge is 0.326 e. The first-order valence-corrected chi connectivity index (χ1v) is 10.3. The molecule has 1 fully saturated rings. The summed E-state index contributed by atoms with van der Waals surface area (Å²) in [4.78, 5) is 30.2. The quantitative estimate of drug-likeness (QED) is 0.610. The van der Waals surface area contributed by atoms with Crippen LogP contribution in [0, 0.1) is 11.7 Å². The van der Waals surface area contributed by atoms with Crippen LogP contribution in [0.1, 0.15) is 32.6 Å². The molecule has 0 N–H and O–H groups in total. The topological polar surface area (TPSA) is 61.2 Å². The minimum Gasteiger partial charge on any atom is -0.461 e. The van der Waals surface area contributed by atoms with Crippen molar-refractivity contribution in [3.05, 3.63) is 52.1 Å². The van der Waals surface area contributed by atoms with Crippen LogP contribution in [0.15, 0.2) is 40.8 Å². The molecule has 7 heteroatoms. The van der Waals surface area contributed by atoms with Crippen LogP contribution in [-0.2, 0) is 16.1 Å². The average molecular weight is 400 g/mol. The number of rotatable bonds is 4. The van der Waals surface area contributed by atoms with E-state index in [1.165, 1.54) is 40.8 Å². The van der Waals surface area contributed by atoms with E-state index in [-0.39, 0.29) is 24.0 Å². The van der Waals surface area contributed by atoms with E-state index in [0.717, 1.165) is 24.8 Å². The molecule has 0 aliphatic heterocycles. The number of esters is 1. The molecular formula is C21H21FN2O3S. The number of halogens is 1. The largest absolute Gasteiger partial charge is 0.461 e. The third-order valence-corrected chi connectivity index (χ3v) is 6.09. The number of benzene rings is 1. The summed E-state index contributed by atoms with van der Waals surface area (Å²) in [7, 11) is 0. The maximum atomic E-state index is 13.2. The third-order valence-electron chi connectivity index (χ3n) is 5.20. The van der Waals surface area contributed by atoms with Gasteiger partial charge in [0.25, 0.3) is 5.56 Å². The second kappa shape index (κ2) is 7.83. The summed E-state index contributed by atoms with van der Waals surface area (Å²) < 4.78 is 20.1. The second-order valence-corrected chi connectivity index (χ2v) is 8.26. The van der Waals surface area contributed by atoms with E-state index >= 15 is 0 Å². The van der Waals surface area contributed by atoms with Crippen molar-refractivity contribution < 1.29 is 13.9 Å². The van der Waals surface area contributed by atoms with Crippen molar-refractivity contribution >= 4 is 27.5 Å². The molecule has 3 aromatic rings. The fourth-order valence-corrected chi connectivity index (χ4v) is 4.68. The first-order valence-electron chi connectivity index (χ1n) is 9.43. The number of fused-ring (bicyclic) bond motifs is 1. The number of thiophene rings is 1. The molecule has 4 rings (SSSR count). The second-order valence-electron chi connectivity index (χ2n) is 7.40. The van der Waals surface area contributed by atoms with Gasteiger partial charge < -0.3 is 4.74 Å². The molecule has 0 unspecified atom stereocenters. The highest BCUT2D eigenvalue weighted by Crippen LogP contribution is 2.30. The molecule has 0 bridgehead atoms. The van der Waals surface area contributed by atoms with Crippen LogP contribution in [0.5, 0.6) is 0 Å². The van der Waals surface area contributed by atoms with Gasteiger partial charge in [-0.15, -0.1) is 11.3 Å². The third kappa shape index (κ3) is 3.85. The molecule has 1 aliphatic carbocycles. The van der Waals surface area contributed by atoms with Gasteiger partial charge in [-0.3, -0.25) is 14.2 Å². The minimum atomic E-state index is -0.416. The monoisotopic (exact) mass is 400 g/mol. The van der Waals surface area contributed by atoms with Crippen molar-refractivity contribution in [3.8, 4) is 11.1 Å². The van der Waals surface area contributed by atoms with Crippen molar-refractivity contribution in [1.82, 2.24) is 9.55 Å². The number of hydrogen-bond acceptors (Lipinski definition) is 5. The van der Waals surface area contributed by atoms with Gasteiger partial charge in [0.2, 0.25) is 0 Å². The summed E-state index contributed by atoms with van der Waals surface area (Å²) >= 11 is 1.35. The molecule has 2 aromatic heterocycles. The Labute approximate surface area is 165 Å². The lowest BCUT2D eigenvalue weighted by Crippen LogP contribution is -2.30. The van der Waals surface area contributed by atoms with Crippen molar-refractivity contribution in [2.24, 2.45) is 5.92 Å². The summed E-state index contributed by atoms with van der Waals surface area (Å²) in [5.41, 5.74) is 1.14. The zero-order valence-corrected chi connectivity index (χ0v) is 16.4. The maximum absolute atomic E-state index is 13.2. The Bertz CT molecular complexity index is 1060. The van der Waals surface area contributed by atoms with Gasteiger partial charge in [0.15, 0.2) is 0 Å². The molecule has 5 nitrogen and oxygen atoms in total. The number of hydrogen-bond donors (Lipinski definition) is 0. The van der Waals surface area contributed by atoms with E-state index in [1.54, 1.807) is 12.1 Å². The summed E-state index contributed by atoms with van der Waals surface area (Å²) in [5, 5.41) is 2.27. The molecule has 2 heterocycles. The lowest BCUT2D eigenvalue weighted by atomic mass is 9.89. The summed E-state index contributed by atoms with van der Waals surface area (Å²) in [6, 6.07) is 5.98. The Kier molecular flexibility index (Phi) is 5.26. The van der Waals surface area contributed by atoms with E-state index in [4.69, 9.17) is 4.74 Å². The molecule has 1 aromatic carbocycles. The van der Waals surface area contributed by atoms with Gasteiger partial charge >= 0.3 is 5.97 Å². The van der Waals surface area contributed by atoms with Crippen LogP contribution in [0.2, 0.25) is 0 Å². The van der Waals surface area contributed by atoms with E-state index in [9.17, 15) is 14.0 Å². The first-order chi connectivity index (χ1) is 13.5. The van der Waals surface area contributed by atoms with Crippen molar-refractivity contribution in [2.75, 3.05) is 0 Å². The number of carbonyl (C=O) groups is 1. The zero-order valence-electron chi connectivity index (χ0n) is 15.6. The summed E-state index contributed by atoms with van der Waals surface area (Å²) in [5.74, 6) is -0.198. The Balaban J connectivity index is 1.59. The highest BCUT2D eigenvalue weighted by atomic mass is 32.1. The molecule has 1 aliphatic rings. The lowest BCUT2D eigenvalue weighted by Gasteiger charge is -2.26. The number of carbonyl (C=O) groups excluding carboxylic acids is 1. The summed E-state index contributed by atoms with van der Waals surface area (Å²) in [6.45, 7) is 2.00. The number of nitrogens with zero attached hydrogens (tertiary/aromatic N) is 2. The average Bonchev–Trinajstić information content (AvgIpc) is 3.09. The standard InChI is InChI=1S/C21H21FN2O3S/c1-13-3-2-4-16(9-13)27-18(25)10-24-12-23-20-19(21(24)26)17(11-28-20)14-5-7-15(22)8-6-14/h5-8,11-13,16H,2-4,9-10H2,1H3/t13-,16+/m1/s1. The van der Waals surface area contributed by atoms with E-state index in [1.807, 2.05) is 5.38 Å². The van der Waals surface area contributed by atoms with Gasteiger partial charge in [-0.05, 0) is 42.9 Å². The Morgan fingerprint density at radius 3 is 2.86 bits per heavy atom. The van der Waals surface area contributed by atoms with Gasteiger partial charge in [0, 0.05) is 10.9 Å².